The highest BCUT2D eigenvalue weighted by Crippen LogP contribution is 2.19. The van der Waals surface area contributed by atoms with E-state index in [4.69, 9.17) is 0 Å². The fourth-order valence-electron chi connectivity index (χ4n) is 1.86. The van der Waals surface area contributed by atoms with Crippen molar-refractivity contribution in [1.82, 2.24) is 4.57 Å². The first-order valence-electron chi connectivity index (χ1n) is 6.64. The number of carbonyl (C=O) groups is 1. The van der Waals surface area contributed by atoms with Crippen molar-refractivity contribution in [3.63, 3.8) is 0 Å². The predicted molar refractivity (Wildman–Crippen MR) is 90.2 cm³/mol. The molecule has 2 aromatic heterocycles. The van der Waals surface area contributed by atoms with Crippen molar-refractivity contribution in [2.24, 2.45) is 12.5 Å². The van der Waals surface area contributed by atoms with Crippen LogP contribution >= 0.6 is 22.7 Å². The molecule has 114 valence electrons. The Bertz CT molecular complexity index is 917. The summed E-state index contributed by atoms with van der Waals surface area (Å²) in [4.78, 5) is 24.7. The van der Waals surface area contributed by atoms with Gasteiger partial charge in [-0.1, -0.05) is 20.8 Å². The van der Waals surface area contributed by atoms with E-state index in [2.05, 4.69) is 0 Å². The second-order valence-corrected chi connectivity index (χ2v) is 7.71. The van der Waals surface area contributed by atoms with Crippen LogP contribution in [0, 0.1) is 16.7 Å². The van der Waals surface area contributed by atoms with Crippen LogP contribution in [0.15, 0.2) is 21.6 Å². The van der Waals surface area contributed by atoms with Crippen molar-refractivity contribution < 1.29 is 4.79 Å². The molecule has 0 fully saturated rings. The fraction of sp³-hybridized carbons (Fsp3) is 0.312. The van der Waals surface area contributed by atoms with Crippen LogP contribution < -0.4 is 14.8 Å². The number of rotatable bonds is 2. The second-order valence-electron chi connectivity index (χ2n) is 5.90. The molecule has 0 amide bonds. The van der Waals surface area contributed by atoms with Gasteiger partial charge < -0.3 is 4.57 Å². The van der Waals surface area contributed by atoms with Crippen LogP contribution in [0.2, 0.25) is 0 Å². The lowest BCUT2D eigenvalue weighted by Gasteiger charge is -2.15. The molecule has 0 saturated carbocycles. The lowest BCUT2D eigenvalue weighted by Crippen LogP contribution is -2.32. The Morgan fingerprint density at radius 3 is 2.59 bits per heavy atom. The number of thiazole rings is 1. The second kappa shape index (κ2) is 6.03. The van der Waals surface area contributed by atoms with Gasteiger partial charge >= 0.3 is 0 Å². The van der Waals surface area contributed by atoms with E-state index in [-0.39, 0.29) is 16.9 Å². The Kier molecular flexibility index (Phi) is 4.50. The molecule has 2 heterocycles. The quantitative estimate of drug-likeness (QED) is 0.840. The van der Waals surface area contributed by atoms with E-state index < -0.39 is 5.41 Å². The molecule has 0 radical (unpaired) electrons. The van der Waals surface area contributed by atoms with Gasteiger partial charge in [-0.2, -0.15) is 16.6 Å². The molecule has 0 aromatic carbocycles. The number of thiophene rings is 1. The van der Waals surface area contributed by atoms with E-state index in [0.717, 1.165) is 5.56 Å². The number of carbonyl (C=O) groups excluding carboxylic acids is 1. The maximum atomic E-state index is 12.4. The third-order valence-electron chi connectivity index (χ3n) is 3.10. The van der Waals surface area contributed by atoms with Crippen molar-refractivity contribution in [3.8, 4) is 6.07 Å². The molecule has 0 atom stereocenters. The van der Waals surface area contributed by atoms with E-state index >= 15 is 0 Å². The summed E-state index contributed by atoms with van der Waals surface area (Å²) >= 11 is 2.73. The van der Waals surface area contributed by atoms with Crippen LogP contribution in [0.5, 0.6) is 0 Å². The van der Waals surface area contributed by atoms with Crippen LogP contribution in [-0.4, -0.2) is 10.4 Å². The van der Waals surface area contributed by atoms with Gasteiger partial charge in [0.25, 0.3) is 5.56 Å². The Labute approximate surface area is 136 Å². The molecular weight excluding hydrogens is 316 g/mol. The van der Waals surface area contributed by atoms with Gasteiger partial charge in [0.1, 0.15) is 16.3 Å². The standard InChI is InChI=1S/C16H16N2O2S2/c1-16(2,3)13(19)11(8-17)15-18(4)14(20)12(22-15)7-10-5-6-21-9-10/h5-7,9H,1-4H3. The summed E-state index contributed by atoms with van der Waals surface area (Å²) in [6.07, 6.45) is 1.78. The van der Waals surface area contributed by atoms with E-state index in [0.29, 0.717) is 9.20 Å². The normalized spacial score (nSPS) is 13.9. The minimum Gasteiger partial charge on any atom is -0.301 e. The van der Waals surface area contributed by atoms with Crippen molar-refractivity contribution >= 4 is 40.1 Å². The van der Waals surface area contributed by atoms with E-state index in [1.54, 1.807) is 45.2 Å². The Balaban J connectivity index is 2.78. The highest BCUT2D eigenvalue weighted by molar-refractivity contribution is 7.08. The molecule has 0 spiro atoms. The molecule has 0 aliphatic heterocycles. The number of Topliss-reactive ketones (excluding diaryl/α,β-unsaturated/α-hetero) is 1. The lowest BCUT2D eigenvalue weighted by molar-refractivity contribution is -0.120. The average molecular weight is 332 g/mol. The maximum absolute atomic E-state index is 12.4. The molecule has 0 unspecified atom stereocenters. The summed E-state index contributed by atoms with van der Waals surface area (Å²) < 4.78 is 2.31. The Morgan fingerprint density at radius 1 is 1.41 bits per heavy atom. The van der Waals surface area contributed by atoms with Crippen LogP contribution in [0.4, 0.5) is 0 Å². The summed E-state index contributed by atoms with van der Waals surface area (Å²) in [5.41, 5.74) is 0.126. The summed E-state index contributed by atoms with van der Waals surface area (Å²) in [7, 11) is 1.59. The maximum Gasteiger partial charge on any atom is 0.268 e. The van der Waals surface area contributed by atoms with Gasteiger partial charge in [0.2, 0.25) is 0 Å². The molecule has 0 saturated heterocycles. The third-order valence-corrected chi connectivity index (χ3v) is 4.99. The number of hydrogen-bond acceptors (Lipinski definition) is 5. The first-order valence-corrected chi connectivity index (χ1v) is 8.40. The minimum atomic E-state index is -0.664. The van der Waals surface area contributed by atoms with E-state index in [1.165, 1.54) is 15.9 Å². The monoisotopic (exact) mass is 332 g/mol. The lowest BCUT2D eigenvalue weighted by atomic mass is 9.87. The molecule has 0 aliphatic carbocycles. The molecule has 22 heavy (non-hydrogen) atoms. The summed E-state index contributed by atoms with van der Waals surface area (Å²) in [5, 5.41) is 13.2. The predicted octanol–water partition coefficient (Wildman–Crippen LogP) is 1.63. The zero-order chi connectivity index (χ0) is 16.5. The summed E-state index contributed by atoms with van der Waals surface area (Å²) in [5.74, 6) is -0.256. The third kappa shape index (κ3) is 3.11. The smallest absolute Gasteiger partial charge is 0.268 e. The highest BCUT2D eigenvalue weighted by atomic mass is 32.1. The number of ketones is 1. The number of hydrogen-bond donors (Lipinski definition) is 0. The minimum absolute atomic E-state index is 0.0436. The summed E-state index contributed by atoms with van der Waals surface area (Å²) in [6, 6.07) is 3.89. The highest BCUT2D eigenvalue weighted by Gasteiger charge is 2.26. The van der Waals surface area contributed by atoms with Crippen molar-refractivity contribution in [3.05, 3.63) is 41.9 Å². The van der Waals surface area contributed by atoms with Gasteiger partial charge in [-0.3, -0.25) is 9.59 Å². The van der Waals surface area contributed by atoms with Crippen LogP contribution in [0.3, 0.4) is 0 Å². The topological polar surface area (TPSA) is 62.9 Å². The van der Waals surface area contributed by atoms with Crippen molar-refractivity contribution in [2.75, 3.05) is 0 Å². The number of aromatic nitrogens is 1. The van der Waals surface area contributed by atoms with Crippen LogP contribution in [0.25, 0.3) is 11.6 Å². The molecule has 2 rings (SSSR count). The molecule has 0 bridgehead atoms. The van der Waals surface area contributed by atoms with E-state index in [9.17, 15) is 14.9 Å². The van der Waals surface area contributed by atoms with Gasteiger partial charge in [-0.25, -0.2) is 0 Å². The number of nitriles is 1. The molecule has 6 heteroatoms. The zero-order valence-electron chi connectivity index (χ0n) is 12.8. The fourth-order valence-corrected chi connectivity index (χ4v) is 3.57. The van der Waals surface area contributed by atoms with Gasteiger partial charge in [0, 0.05) is 12.5 Å². The SMILES string of the molecule is Cn1c(=C(C#N)C(=O)C(C)(C)C)sc(=Cc2ccsc2)c1=O. The van der Waals surface area contributed by atoms with Gasteiger partial charge in [-0.15, -0.1) is 11.3 Å². The summed E-state index contributed by atoms with van der Waals surface area (Å²) in [6.45, 7) is 5.28. The molecule has 0 N–H and O–H groups in total. The van der Waals surface area contributed by atoms with Gasteiger partial charge in [0.05, 0.1) is 4.53 Å². The zero-order valence-corrected chi connectivity index (χ0v) is 14.5. The van der Waals surface area contributed by atoms with Crippen molar-refractivity contribution in [2.45, 2.75) is 20.8 Å². The van der Waals surface area contributed by atoms with Crippen molar-refractivity contribution in [1.29, 1.82) is 5.26 Å². The molecule has 0 aliphatic rings. The Morgan fingerprint density at radius 2 is 2.09 bits per heavy atom. The molecule has 2 aromatic rings. The largest absolute Gasteiger partial charge is 0.301 e. The average Bonchev–Trinajstić information content (AvgIpc) is 3.04. The van der Waals surface area contributed by atoms with Gasteiger partial charge in [-0.05, 0) is 28.5 Å². The number of nitrogens with zero attached hydrogens (tertiary/aromatic N) is 2. The molecular formula is C16H16N2O2S2. The molecule has 4 nitrogen and oxygen atoms in total. The first-order chi connectivity index (χ1) is 10.3. The first kappa shape index (κ1) is 16.4. The van der Waals surface area contributed by atoms with Crippen LogP contribution in [0.1, 0.15) is 26.3 Å². The van der Waals surface area contributed by atoms with Crippen LogP contribution in [-0.2, 0) is 11.8 Å². The van der Waals surface area contributed by atoms with Gasteiger partial charge in [0.15, 0.2) is 5.78 Å². The van der Waals surface area contributed by atoms with E-state index in [1.807, 2.05) is 22.9 Å². The Hall–Kier alpha value is -1.97.